The Hall–Kier alpha value is -2.36. The van der Waals surface area contributed by atoms with E-state index in [-0.39, 0.29) is 11.5 Å². The van der Waals surface area contributed by atoms with E-state index in [1.165, 1.54) is 6.07 Å². The zero-order valence-electron chi connectivity index (χ0n) is 11.9. The summed E-state index contributed by atoms with van der Waals surface area (Å²) in [5.74, 6) is 0.661. The molecule has 0 unspecified atom stereocenters. The largest absolute Gasteiger partial charge is 0.504 e. The van der Waals surface area contributed by atoms with Gasteiger partial charge in [-0.05, 0) is 31.5 Å². The number of phenols is 2. The first-order valence-corrected chi connectivity index (χ1v) is 6.42. The van der Waals surface area contributed by atoms with Crippen LogP contribution in [0, 0.1) is 13.8 Å². The summed E-state index contributed by atoms with van der Waals surface area (Å²) in [6.45, 7) is 4.40. The van der Waals surface area contributed by atoms with Crippen LogP contribution in [0.5, 0.6) is 17.2 Å². The third-order valence-corrected chi connectivity index (χ3v) is 3.37. The highest BCUT2D eigenvalue weighted by Crippen LogP contribution is 2.31. The molecule has 0 saturated heterocycles. The van der Waals surface area contributed by atoms with E-state index in [1.807, 2.05) is 26.0 Å². The number of hydrogen-bond acceptors (Lipinski definition) is 4. The number of phenolic OH excluding ortho intramolecular Hbond substituents is 2. The second-order valence-corrected chi connectivity index (χ2v) is 4.73. The average Bonchev–Trinajstić information content (AvgIpc) is 2.43. The van der Waals surface area contributed by atoms with Crippen molar-refractivity contribution in [2.24, 2.45) is 0 Å². The van der Waals surface area contributed by atoms with E-state index < -0.39 is 0 Å². The van der Waals surface area contributed by atoms with Crippen molar-refractivity contribution >= 4 is 5.69 Å². The summed E-state index contributed by atoms with van der Waals surface area (Å²) in [6, 6.07) is 8.89. The smallest absolute Gasteiger partial charge is 0.162 e. The summed E-state index contributed by atoms with van der Waals surface area (Å²) >= 11 is 0. The number of aromatic hydroxyl groups is 2. The second kappa shape index (κ2) is 5.74. The van der Waals surface area contributed by atoms with Crippen LogP contribution < -0.4 is 10.1 Å². The lowest BCUT2D eigenvalue weighted by atomic mass is 10.1. The molecule has 0 atom stereocenters. The highest BCUT2D eigenvalue weighted by Gasteiger charge is 2.09. The summed E-state index contributed by atoms with van der Waals surface area (Å²) in [5, 5.41) is 22.5. The highest BCUT2D eigenvalue weighted by molar-refractivity contribution is 5.60. The Kier molecular flexibility index (Phi) is 4.03. The van der Waals surface area contributed by atoms with Gasteiger partial charge in [0.2, 0.25) is 0 Å². The van der Waals surface area contributed by atoms with Crippen molar-refractivity contribution in [1.29, 1.82) is 0 Å². The van der Waals surface area contributed by atoms with E-state index in [4.69, 9.17) is 4.74 Å². The number of hydrogen-bond donors (Lipinski definition) is 3. The standard InChI is InChI=1S/C16H19NO3/c1-10-7-8-13(11(2)16(10)20-3)17-9-12-5-4-6-14(18)15(12)19/h4-8,17-19H,9H2,1-3H3. The molecule has 0 aromatic heterocycles. The monoisotopic (exact) mass is 273 g/mol. The minimum atomic E-state index is -0.109. The first kappa shape index (κ1) is 14.1. The van der Waals surface area contributed by atoms with Crippen molar-refractivity contribution in [3.05, 3.63) is 47.0 Å². The fourth-order valence-corrected chi connectivity index (χ4v) is 2.24. The molecular weight excluding hydrogens is 254 g/mol. The van der Waals surface area contributed by atoms with Crippen LogP contribution in [0.4, 0.5) is 5.69 Å². The van der Waals surface area contributed by atoms with Gasteiger partial charge in [0, 0.05) is 23.4 Å². The predicted molar refractivity (Wildman–Crippen MR) is 79.6 cm³/mol. The third kappa shape index (κ3) is 2.64. The van der Waals surface area contributed by atoms with Gasteiger partial charge in [-0.15, -0.1) is 0 Å². The number of rotatable bonds is 4. The van der Waals surface area contributed by atoms with Crippen LogP contribution in [-0.4, -0.2) is 17.3 Å². The molecule has 2 aromatic rings. The van der Waals surface area contributed by atoms with Gasteiger partial charge in [0.1, 0.15) is 5.75 Å². The van der Waals surface area contributed by atoms with E-state index in [0.29, 0.717) is 12.1 Å². The van der Waals surface area contributed by atoms with Gasteiger partial charge < -0.3 is 20.3 Å². The van der Waals surface area contributed by atoms with E-state index in [1.54, 1.807) is 19.2 Å². The number of benzene rings is 2. The molecule has 2 rings (SSSR count). The van der Waals surface area contributed by atoms with Crippen LogP contribution in [0.25, 0.3) is 0 Å². The number of aryl methyl sites for hydroxylation is 1. The van der Waals surface area contributed by atoms with Crippen LogP contribution in [0.1, 0.15) is 16.7 Å². The maximum atomic E-state index is 9.78. The number of ether oxygens (including phenoxy) is 1. The molecule has 0 bridgehead atoms. The average molecular weight is 273 g/mol. The summed E-state index contributed by atoms with van der Waals surface area (Å²) in [5.41, 5.74) is 3.68. The maximum Gasteiger partial charge on any atom is 0.162 e. The van der Waals surface area contributed by atoms with Crippen molar-refractivity contribution in [2.45, 2.75) is 20.4 Å². The number of para-hydroxylation sites is 1. The second-order valence-electron chi connectivity index (χ2n) is 4.73. The van der Waals surface area contributed by atoms with Gasteiger partial charge in [-0.1, -0.05) is 18.2 Å². The molecule has 0 amide bonds. The van der Waals surface area contributed by atoms with Gasteiger partial charge in [0.15, 0.2) is 11.5 Å². The molecule has 3 N–H and O–H groups in total. The number of nitrogens with one attached hydrogen (secondary N) is 1. The summed E-state index contributed by atoms with van der Waals surface area (Å²) in [7, 11) is 1.65. The first-order chi connectivity index (χ1) is 9.54. The molecule has 0 heterocycles. The van der Waals surface area contributed by atoms with Gasteiger partial charge in [-0.25, -0.2) is 0 Å². The molecule has 0 aliphatic carbocycles. The zero-order chi connectivity index (χ0) is 14.7. The van der Waals surface area contributed by atoms with Crippen LogP contribution in [0.2, 0.25) is 0 Å². The maximum absolute atomic E-state index is 9.78. The van der Waals surface area contributed by atoms with E-state index in [9.17, 15) is 10.2 Å². The van der Waals surface area contributed by atoms with Crippen LogP contribution >= 0.6 is 0 Å². The Bertz CT molecular complexity index is 623. The van der Waals surface area contributed by atoms with Crippen molar-refractivity contribution in [2.75, 3.05) is 12.4 Å². The molecule has 0 aliphatic rings. The molecule has 0 radical (unpaired) electrons. The summed E-state index contributed by atoms with van der Waals surface area (Å²) in [4.78, 5) is 0. The number of anilines is 1. The lowest BCUT2D eigenvalue weighted by Gasteiger charge is -2.15. The Labute approximate surface area is 118 Å². The Morgan fingerprint density at radius 3 is 2.55 bits per heavy atom. The topological polar surface area (TPSA) is 61.7 Å². The molecule has 20 heavy (non-hydrogen) atoms. The highest BCUT2D eigenvalue weighted by atomic mass is 16.5. The minimum Gasteiger partial charge on any atom is -0.504 e. The Balaban J connectivity index is 2.21. The van der Waals surface area contributed by atoms with Gasteiger partial charge in [0.05, 0.1) is 7.11 Å². The van der Waals surface area contributed by atoms with Crippen molar-refractivity contribution < 1.29 is 14.9 Å². The molecule has 2 aromatic carbocycles. The zero-order valence-corrected chi connectivity index (χ0v) is 11.9. The summed E-state index contributed by atoms with van der Waals surface area (Å²) in [6.07, 6.45) is 0. The molecule has 4 heteroatoms. The Morgan fingerprint density at radius 2 is 1.85 bits per heavy atom. The lowest BCUT2D eigenvalue weighted by Crippen LogP contribution is -2.03. The molecule has 0 aliphatic heterocycles. The summed E-state index contributed by atoms with van der Waals surface area (Å²) < 4.78 is 5.38. The predicted octanol–water partition coefficient (Wildman–Crippen LogP) is 3.34. The fraction of sp³-hybridized carbons (Fsp3) is 0.250. The molecule has 0 fully saturated rings. The van der Waals surface area contributed by atoms with Crippen molar-refractivity contribution in [3.8, 4) is 17.2 Å². The van der Waals surface area contributed by atoms with Crippen LogP contribution in [0.15, 0.2) is 30.3 Å². The Morgan fingerprint density at radius 1 is 1.10 bits per heavy atom. The third-order valence-electron chi connectivity index (χ3n) is 3.37. The molecular formula is C16H19NO3. The number of methoxy groups -OCH3 is 1. The van der Waals surface area contributed by atoms with Gasteiger partial charge in [-0.3, -0.25) is 0 Å². The van der Waals surface area contributed by atoms with E-state index >= 15 is 0 Å². The van der Waals surface area contributed by atoms with Crippen molar-refractivity contribution in [3.63, 3.8) is 0 Å². The van der Waals surface area contributed by atoms with E-state index in [0.717, 1.165) is 22.6 Å². The van der Waals surface area contributed by atoms with Crippen LogP contribution in [0.3, 0.4) is 0 Å². The molecule has 0 saturated carbocycles. The lowest BCUT2D eigenvalue weighted by molar-refractivity contribution is 0.400. The first-order valence-electron chi connectivity index (χ1n) is 6.42. The van der Waals surface area contributed by atoms with Gasteiger partial charge in [-0.2, -0.15) is 0 Å². The van der Waals surface area contributed by atoms with Crippen molar-refractivity contribution in [1.82, 2.24) is 0 Å². The van der Waals surface area contributed by atoms with Crippen LogP contribution in [-0.2, 0) is 6.54 Å². The molecule has 0 spiro atoms. The molecule has 106 valence electrons. The van der Waals surface area contributed by atoms with Gasteiger partial charge in [0.25, 0.3) is 0 Å². The minimum absolute atomic E-state index is 0.0864. The normalized spacial score (nSPS) is 10.3. The fourth-order valence-electron chi connectivity index (χ4n) is 2.24. The van der Waals surface area contributed by atoms with E-state index in [2.05, 4.69) is 5.32 Å². The van der Waals surface area contributed by atoms with Gasteiger partial charge >= 0.3 is 0 Å². The quantitative estimate of drug-likeness (QED) is 0.748. The molecule has 4 nitrogen and oxygen atoms in total. The SMILES string of the molecule is COc1c(C)ccc(NCc2cccc(O)c2O)c1C.